The smallest absolute Gasteiger partial charge is 0.00805 e. The fourth-order valence-electron chi connectivity index (χ4n) is 3.59. The number of fused-ring (bicyclic) bond motifs is 1. The van der Waals surface area contributed by atoms with Crippen molar-refractivity contribution in [1.29, 1.82) is 0 Å². The van der Waals surface area contributed by atoms with Gasteiger partial charge in [-0.25, -0.2) is 0 Å². The molecule has 0 amide bonds. The zero-order valence-corrected chi connectivity index (χ0v) is 12.0. The minimum absolute atomic E-state index is 0.402. The molecule has 0 aromatic heterocycles. The van der Waals surface area contributed by atoms with Crippen molar-refractivity contribution in [3.8, 4) is 0 Å². The predicted molar refractivity (Wildman–Crippen MR) is 79.1 cm³/mol. The number of likely N-dealkylation sites (N-methyl/N-ethyl adjacent to an activating group) is 1. The monoisotopic (exact) mass is 245 g/mol. The zero-order chi connectivity index (χ0) is 12.8. The van der Waals surface area contributed by atoms with Crippen LogP contribution in [0.4, 0.5) is 0 Å². The number of rotatable bonds is 6. The third-order valence-electron chi connectivity index (χ3n) is 4.46. The third kappa shape index (κ3) is 2.77. The number of hydrogen-bond acceptors (Lipinski definition) is 1. The largest absolute Gasteiger partial charge is 0.319 e. The lowest BCUT2D eigenvalue weighted by molar-refractivity contribution is 0.313. The van der Waals surface area contributed by atoms with Crippen molar-refractivity contribution in [1.82, 2.24) is 5.32 Å². The molecule has 1 N–H and O–H groups in total. The standard InChI is InChI=1S/C17H27N/c1-3-4-7-12-17(14-18-2)13-8-10-15-9-5-6-11-16(15)17/h5-6,9,11,18H,3-4,7-8,10,12-14H2,1-2H3. The first-order chi connectivity index (χ1) is 8.82. The average Bonchev–Trinajstić information content (AvgIpc) is 2.40. The van der Waals surface area contributed by atoms with Crippen molar-refractivity contribution in [2.45, 2.75) is 57.3 Å². The lowest BCUT2D eigenvalue weighted by Crippen LogP contribution is -2.39. The van der Waals surface area contributed by atoms with Crippen LogP contribution in [0.2, 0.25) is 0 Å². The van der Waals surface area contributed by atoms with E-state index in [0.29, 0.717) is 5.41 Å². The number of nitrogens with one attached hydrogen (secondary N) is 1. The van der Waals surface area contributed by atoms with Gasteiger partial charge in [0.15, 0.2) is 0 Å². The molecule has 100 valence electrons. The number of hydrogen-bond donors (Lipinski definition) is 1. The Labute approximate surface area is 112 Å². The van der Waals surface area contributed by atoms with Gasteiger partial charge in [0.1, 0.15) is 0 Å². The lowest BCUT2D eigenvalue weighted by Gasteiger charge is -2.39. The van der Waals surface area contributed by atoms with Crippen LogP contribution in [0.1, 0.15) is 56.6 Å². The van der Waals surface area contributed by atoms with Gasteiger partial charge in [0.25, 0.3) is 0 Å². The van der Waals surface area contributed by atoms with Gasteiger partial charge < -0.3 is 5.32 Å². The van der Waals surface area contributed by atoms with Crippen LogP contribution in [0.3, 0.4) is 0 Å². The molecule has 1 atom stereocenters. The summed E-state index contributed by atoms with van der Waals surface area (Å²) in [7, 11) is 2.10. The molecule has 1 aromatic rings. The van der Waals surface area contributed by atoms with E-state index >= 15 is 0 Å². The summed E-state index contributed by atoms with van der Waals surface area (Å²) >= 11 is 0. The highest BCUT2D eigenvalue weighted by molar-refractivity contribution is 5.37. The van der Waals surface area contributed by atoms with Crippen molar-refractivity contribution >= 4 is 0 Å². The maximum atomic E-state index is 3.45. The first-order valence-corrected chi connectivity index (χ1v) is 7.55. The molecule has 1 aliphatic rings. The van der Waals surface area contributed by atoms with Crippen molar-refractivity contribution in [2.24, 2.45) is 0 Å². The van der Waals surface area contributed by atoms with E-state index in [4.69, 9.17) is 0 Å². The molecule has 0 saturated carbocycles. The highest BCUT2D eigenvalue weighted by Crippen LogP contribution is 2.40. The normalized spacial score (nSPS) is 22.8. The molecule has 0 radical (unpaired) electrons. The molecule has 1 aliphatic carbocycles. The Morgan fingerprint density at radius 1 is 1.22 bits per heavy atom. The second-order valence-electron chi connectivity index (χ2n) is 5.78. The summed E-state index contributed by atoms with van der Waals surface area (Å²) in [5, 5.41) is 3.45. The molecule has 1 aromatic carbocycles. The number of aryl methyl sites for hydroxylation is 1. The van der Waals surface area contributed by atoms with Gasteiger partial charge in [-0.2, -0.15) is 0 Å². The van der Waals surface area contributed by atoms with Gasteiger partial charge in [-0.15, -0.1) is 0 Å². The van der Waals surface area contributed by atoms with Crippen LogP contribution in [0.15, 0.2) is 24.3 Å². The summed E-state index contributed by atoms with van der Waals surface area (Å²) in [4.78, 5) is 0. The van der Waals surface area contributed by atoms with Crippen molar-refractivity contribution in [3.63, 3.8) is 0 Å². The Morgan fingerprint density at radius 2 is 2.06 bits per heavy atom. The molecule has 0 saturated heterocycles. The van der Waals surface area contributed by atoms with Crippen LogP contribution in [0.25, 0.3) is 0 Å². The van der Waals surface area contributed by atoms with E-state index < -0.39 is 0 Å². The van der Waals surface area contributed by atoms with Gasteiger partial charge in [-0.1, -0.05) is 50.5 Å². The van der Waals surface area contributed by atoms with Crippen LogP contribution < -0.4 is 5.32 Å². The van der Waals surface area contributed by atoms with Crippen molar-refractivity contribution in [3.05, 3.63) is 35.4 Å². The van der Waals surface area contributed by atoms with E-state index in [0.717, 1.165) is 6.54 Å². The molecule has 1 unspecified atom stereocenters. The Balaban J connectivity index is 2.24. The van der Waals surface area contributed by atoms with Gasteiger partial charge in [0.05, 0.1) is 0 Å². The molecule has 2 rings (SSSR count). The van der Waals surface area contributed by atoms with Crippen LogP contribution in [-0.2, 0) is 11.8 Å². The summed E-state index contributed by atoms with van der Waals surface area (Å²) in [6.45, 7) is 3.42. The molecule has 0 heterocycles. The molecule has 1 heteroatoms. The molecule has 0 aliphatic heterocycles. The number of benzene rings is 1. The topological polar surface area (TPSA) is 12.0 Å². The van der Waals surface area contributed by atoms with Crippen LogP contribution in [0, 0.1) is 0 Å². The maximum absolute atomic E-state index is 3.45. The van der Waals surface area contributed by atoms with Crippen LogP contribution in [-0.4, -0.2) is 13.6 Å². The summed E-state index contributed by atoms with van der Waals surface area (Å²) in [5.74, 6) is 0. The highest BCUT2D eigenvalue weighted by atomic mass is 14.8. The van der Waals surface area contributed by atoms with E-state index in [2.05, 4.69) is 43.6 Å². The van der Waals surface area contributed by atoms with Crippen molar-refractivity contribution in [2.75, 3.05) is 13.6 Å². The molecular weight excluding hydrogens is 218 g/mol. The zero-order valence-electron chi connectivity index (χ0n) is 12.0. The Morgan fingerprint density at radius 3 is 2.83 bits per heavy atom. The maximum Gasteiger partial charge on any atom is 0.00805 e. The first kappa shape index (κ1) is 13.6. The lowest BCUT2D eigenvalue weighted by atomic mass is 9.67. The Hall–Kier alpha value is -0.820. The molecule has 0 spiro atoms. The predicted octanol–water partition coefficient (Wildman–Crippen LogP) is 4.06. The van der Waals surface area contributed by atoms with Gasteiger partial charge in [0, 0.05) is 12.0 Å². The second kappa shape index (κ2) is 6.38. The van der Waals surface area contributed by atoms with E-state index in [9.17, 15) is 0 Å². The summed E-state index contributed by atoms with van der Waals surface area (Å²) in [5.41, 5.74) is 3.62. The molecule has 1 nitrogen and oxygen atoms in total. The van der Waals surface area contributed by atoms with Gasteiger partial charge in [0.2, 0.25) is 0 Å². The van der Waals surface area contributed by atoms with E-state index in [1.165, 1.54) is 44.9 Å². The molecule has 0 bridgehead atoms. The van der Waals surface area contributed by atoms with Gasteiger partial charge in [-0.05, 0) is 43.9 Å². The third-order valence-corrected chi connectivity index (χ3v) is 4.46. The van der Waals surface area contributed by atoms with Crippen LogP contribution in [0.5, 0.6) is 0 Å². The van der Waals surface area contributed by atoms with Crippen molar-refractivity contribution < 1.29 is 0 Å². The SMILES string of the molecule is CCCCCC1(CNC)CCCc2ccccc21. The first-order valence-electron chi connectivity index (χ1n) is 7.55. The number of unbranched alkanes of at least 4 members (excludes halogenated alkanes) is 2. The summed E-state index contributed by atoms with van der Waals surface area (Å²) in [6, 6.07) is 9.12. The van der Waals surface area contributed by atoms with Gasteiger partial charge >= 0.3 is 0 Å². The Bertz CT molecular complexity index is 372. The van der Waals surface area contributed by atoms with E-state index in [-0.39, 0.29) is 0 Å². The summed E-state index contributed by atoms with van der Waals surface area (Å²) in [6.07, 6.45) is 9.38. The average molecular weight is 245 g/mol. The van der Waals surface area contributed by atoms with Gasteiger partial charge in [-0.3, -0.25) is 0 Å². The molecular formula is C17H27N. The van der Waals surface area contributed by atoms with E-state index in [1.54, 1.807) is 11.1 Å². The fraction of sp³-hybridized carbons (Fsp3) is 0.647. The minimum Gasteiger partial charge on any atom is -0.319 e. The van der Waals surface area contributed by atoms with E-state index in [1.807, 2.05) is 0 Å². The Kier molecular flexibility index (Phi) is 4.82. The second-order valence-corrected chi connectivity index (χ2v) is 5.78. The minimum atomic E-state index is 0.402. The fourth-order valence-corrected chi connectivity index (χ4v) is 3.59. The summed E-state index contributed by atoms with van der Waals surface area (Å²) < 4.78 is 0. The highest BCUT2D eigenvalue weighted by Gasteiger charge is 2.34. The molecule has 0 fully saturated rings. The quantitative estimate of drug-likeness (QED) is 0.745. The van der Waals surface area contributed by atoms with Crippen LogP contribution >= 0.6 is 0 Å². The molecule has 18 heavy (non-hydrogen) atoms.